The third-order valence-electron chi connectivity index (χ3n) is 5.03. The maximum absolute atomic E-state index is 12.8. The number of rotatable bonds is 15. The summed E-state index contributed by atoms with van der Waals surface area (Å²) in [6.45, 7) is 1.22. The largest absolute Gasteiger partial charge is 0.480 e. The highest BCUT2D eigenvalue weighted by Crippen LogP contribution is 2.05. The fraction of sp³-hybridized carbons (Fsp3) is 0.455. The molecule has 11 N–H and O–H groups in total. The zero-order valence-corrected chi connectivity index (χ0v) is 19.7. The molecule has 5 unspecified atom stereocenters. The Morgan fingerprint density at radius 1 is 0.861 bits per heavy atom. The summed E-state index contributed by atoms with van der Waals surface area (Å²) in [4.78, 5) is 71.7. The molecule has 0 spiro atoms. The minimum absolute atomic E-state index is 0.154. The van der Waals surface area contributed by atoms with E-state index in [9.17, 15) is 39.0 Å². The number of primary amides is 2. The van der Waals surface area contributed by atoms with Crippen molar-refractivity contribution in [3.05, 3.63) is 35.9 Å². The van der Waals surface area contributed by atoms with Gasteiger partial charge in [0, 0.05) is 6.42 Å². The third-order valence-corrected chi connectivity index (χ3v) is 5.03. The number of aliphatic carboxylic acids is 1. The van der Waals surface area contributed by atoms with Crippen LogP contribution in [0.5, 0.6) is 0 Å². The Labute approximate surface area is 206 Å². The second kappa shape index (κ2) is 14.4. The van der Waals surface area contributed by atoms with Crippen molar-refractivity contribution < 1.29 is 39.0 Å². The van der Waals surface area contributed by atoms with Crippen LogP contribution < -0.4 is 33.2 Å². The SMILES string of the molecule is CC(O)C(NC(=O)C(N)Cc1ccccc1)C(=O)NC(CCC(N)=O)C(=O)NC(CC(N)=O)C(=O)O. The molecule has 0 fully saturated rings. The predicted octanol–water partition coefficient (Wildman–Crippen LogP) is -3.38. The normalized spacial score (nSPS) is 14.9. The number of nitrogens with one attached hydrogen (secondary N) is 3. The molecule has 1 aromatic rings. The molecule has 0 radical (unpaired) electrons. The maximum atomic E-state index is 12.8. The number of hydrogen-bond acceptors (Lipinski definition) is 8. The van der Waals surface area contributed by atoms with Gasteiger partial charge in [-0.3, -0.25) is 24.0 Å². The average Bonchev–Trinajstić information content (AvgIpc) is 2.79. The molecule has 0 saturated carbocycles. The number of nitrogens with two attached hydrogens (primary N) is 3. The zero-order chi connectivity index (χ0) is 27.4. The molecule has 0 aliphatic rings. The van der Waals surface area contributed by atoms with E-state index >= 15 is 0 Å². The van der Waals surface area contributed by atoms with Gasteiger partial charge >= 0.3 is 5.97 Å². The van der Waals surface area contributed by atoms with Crippen LogP contribution in [0.4, 0.5) is 0 Å². The first-order valence-corrected chi connectivity index (χ1v) is 11.0. The monoisotopic (exact) mass is 508 g/mol. The van der Waals surface area contributed by atoms with Crippen LogP contribution in [0.15, 0.2) is 30.3 Å². The average molecular weight is 509 g/mol. The first-order chi connectivity index (χ1) is 16.8. The van der Waals surface area contributed by atoms with E-state index in [0.717, 1.165) is 5.56 Å². The van der Waals surface area contributed by atoms with Crippen molar-refractivity contribution in [2.45, 2.75) is 62.9 Å². The number of carboxylic acid groups (broad SMARTS) is 1. The smallest absolute Gasteiger partial charge is 0.326 e. The summed E-state index contributed by atoms with van der Waals surface area (Å²) in [5.41, 5.74) is 16.8. The number of amides is 5. The van der Waals surface area contributed by atoms with Crippen molar-refractivity contribution in [2.75, 3.05) is 0 Å². The highest BCUT2D eigenvalue weighted by Gasteiger charge is 2.33. The Kier molecular flexibility index (Phi) is 12.0. The number of carbonyl (C=O) groups excluding carboxylic acids is 5. The quantitative estimate of drug-likeness (QED) is 0.117. The van der Waals surface area contributed by atoms with Gasteiger partial charge in [0.2, 0.25) is 29.5 Å². The Morgan fingerprint density at radius 2 is 1.44 bits per heavy atom. The molecule has 0 aliphatic heterocycles. The third kappa shape index (κ3) is 10.5. The van der Waals surface area contributed by atoms with Gasteiger partial charge in [-0.25, -0.2) is 4.79 Å². The van der Waals surface area contributed by atoms with Crippen molar-refractivity contribution in [1.29, 1.82) is 0 Å². The number of carboxylic acids is 1. The second-order valence-corrected chi connectivity index (χ2v) is 8.16. The second-order valence-electron chi connectivity index (χ2n) is 8.16. The summed E-state index contributed by atoms with van der Waals surface area (Å²) < 4.78 is 0. The number of hydrogen-bond donors (Lipinski definition) is 8. The Morgan fingerprint density at radius 3 is 1.94 bits per heavy atom. The lowest BCUT2D eigenvalue weighted by molar-refractivity contribution is -0.144. The van der Waals surface area contributed by atoms with Gasteiger partial charge in [0.15, 0.2) is 0 Å². The number of benzene rings is 1. The molecule has 0 aromatic heterocycles. The predicted molar refractivity (Wildman–Crippen MR) is 125 cm³/mol. The molecule has 0 aliphatic carbocycles. The first kappa shape index (κ1) is 30.0. The first-order valence-electron chi connectivity index (χ1n) is 11.0. The summed E-state index contributed by atoms with van der Waals surface area (Å²) >= 11 is 0. The van der Waals surface area contributed by atoms with Crippen LogP contribution in [0.3, 0.4) is 0 Å². The molecule has 0 saturated heterocycles. The Hall–Kier alpha value is -4.04. The fourth-order valence-corrected chi connectivity index (χ4v) is 3.12. The molecule has 198 valence electrons. The molecule has 0 heterocycles. The van der Waals surface area contributed by atoms with E-state index in [1.54, 1.807) is 30.3 Å². The Bertz CT molecular complexity index is 955. The summed E-state index contributed by atoms with van der Waals surface area (Å²) in [5.74, 6) is -6.15. The lowest BCUT2D eigenvalue weighted by Gasteiger charge is -2.26. The van der Waals surface area contributed by atoms with Crippen molar-refractivity contribution in [3.63, 3.8) is 0 Å². The highest BCUT2D eigenvalue weighted by molar-refractivity contribution is 5.95. The molecule has 14 heteroatoms. The van der Waals surface area contributed by atoms with Gasteiger partial charge in [0.1, 0.15) is 18.1 Å². The van der Waals surface area contributed by atoms with Crippen molar-refractivity contribution in [2.24, 2.45) is 17.2 Å². The van der Waals surface area contributed by atoms with Gasteiger partial charge in [-0.15, -0.1) is 0 Å². The van der Waals surface area contributed by atoms with E-state index < -0.39 is 72.2 Å². The van der Waals surface area contributed by atoms with Gasteiger partial charge in [0.25, 0.3) is 0 Å². The summed E-state index contributed by atoms with van der Waals surface area (Å²) in [7, 11) is 0. The molecule has 0 bridgehead atoms. The van der Waals surface area contributed by atoms with E-state index in [2.05, 4.69) is 16.0 Å². The van der Waals surface area contributed by atoms with Crippen LogP contribution in [-0.2, 0) is 35.2 Å². The number of aliphatic hydroxyl groups excluding tert-OH is 1. The molecule has 5 amide bonds. The minimum atomic E-state index is -1.69. The Balaban J connectivity index is 2.96. The van der Waals surface area contributed by atoms with Gasteiger partial charge in [0.05, 0.1) is 18.6 Å². The van der Waals surface area contributed by atoms with Crippen LogP contribution in [0, 0.1) is 0 Å². The zero-order valence-electron chi connectivity index (χ0n) is 19.7. The van der Waals surface area contributed by atoms with Crippen LogP contribution in [0.25, 0.3) is 0 Å². The van der Waals surface area contributed by atoms with Gasteiger partial charge in [-0.1, -0.05) is 30.3 Å². The minimum Gasteiger partial charge on any atom is -0.480 e. The van der Waals surface area contributed by atoms with E-state index in [1.807, 2.05) is 0 Å². The molecule has 36 heavy (non-hydrogen) atoms. The fourth-order valence-electron chi connectivity index (χ4n) is 3.12. The lowest BCUT2D eigenvalue weighted by Crippen LogP contribution is -2.60. The lowest BCUT2D eigenvalue weighted by atomic mass is 10.0. The van der Waals surface area contributed by atoms with E-state index in [1.165, 1.54) is 6.92 Å². The highest BCUT2D eigenvalue weighted by atomic mass is 16.4. The number of aliphatic hydroxyl groups is 1. The van der Waals surface area contributed by atoms with Crippen LogP contribution in [-0.4, -0.2) is 76.0 Å². The number of carbonyl (C=O) groups is 6. The standard InChI is InChI=1S/C22H32N6O8/c1-11(29)18(28-19(32)13(23)9-12-5-3-2-4-6-12)21(34)26-14(7-8-16(24)30)20(33)27-15(22(35)36)10-17(25)31/h2-6,11,13-15,18,29H,7-10,23H2,1H3,(H2,24,30)(H2,25,31)(H,26,34)(H,27,33)(H,28,32)(H,35,36). The molecular weight excluding hydrogens is 476 g/mol. The van der Waals surface area contributed by atoms with Gasteiger partial charge < -0.3 is 43.4 Å². The van der Waals surface area contributed by atoms with Gasteiger partial charge in [-0.05, 0) is 25.3 Å². The topological polar surface area (TPSA) is 257 Å². The van der Waals surface area contributed by atoms with Crippen LogP contribution >= 0.6 is 0 Å². The van der Waals surface area contributed by atoms with E-state index in [4.69, 9.17) is 17.2 Å². The molecular formula is C22H32N6O8. The molecule has 14 nitrogen and oxygen atoms in total. The van der Waals surface area contributed by atoms with Crippen LogP contribution in [0.2, 0.25) is 0 Å². The van der Waals surface area contributed by atoms with E-state index in [-0.39, 0.29) is 19.3 Å². The van der Waals surface area contributed by atoms with Gasteiger partial charge in [-0.2, -0.15) is 0 Å². The van der Waals surface area contributed by atoms with Crippen molar-refractivity contribution in [1.82, 2.24) is 16.0 Å². The van der Waals surface area contributed by atoms with Crippen molar-refractivity contribution in [3.8, 4) is 0 Å². The molecule has 5 atom stereocenters. The summed E-state index contributed by atoms with van der Waals surface area (Å²) in [5, 5.41) is 25.9. The van der Waals surface area contributed by atoms with Crippen LogP contribution in [0.1, 0.15) is 31.7 Å². The molecule has 1 rings (SSSR count). The summed E-state index contributed by atoms with van der Waals surface area (Å²) in [6.07, 6.45) is -2.67. The van der Waals surface area contributed by atoms with Crippen molar-refractivity contribution >= 4 is 35.5 Å². The molecule has 1 aromatic carbocycles. The van der Waals surface area contributed by atoms with E-state index in [0.29, 0.717) is 0 Å². The summed E-state index contributed by atoms with van der Waals surface area (Å²) in [6, 6.07) is 3.07. The maximum Gasteiger partial charge on any atom is 0.326 e.